The number of hydrogen-bond donors (Lipinski definition) is 0. The Balaban J connectivity index is 0.000000388. The Kier molecular flexibility index (Phi) is 7.84. The third kappa shape index (κ3) is 5.72. The predicted molar refractivity (Wildman–Crippen MR) is 101 cm³/mol. The molecule has 0 saturated heterocycles. The molecule has 3 rings (SSSR count). The molecule has 0 bridgehead atoms. The summed E-state index contributed by atoms with van der Waals surface area (Å²) >= 11 is 5.87. The highest BCUT2D eigenvalue weighted by molar-refractivity contribution is 6.30. The van der Waals surface area contributed by atoms with Crippen LogP contribution in [0.15, 0.2) is 47.0 Å². The van der Waals surface area contributed by atoms with E-state index in [9.17, 15) is 0 Å². The van der Waals surface area contributed by atoms with Gasteiger partial charge in [-0.25, -0.2) is 0 Å². The fourth-order valence-electron chi connectivity index (χ4n) is 1.86. The first-order valence-corrected chi connectivity index (χ1v) is 8.47. The number of rotatable bonds is 1. The molecule has 23 heavy (non-hydrogen) atoms. The van der Waals surface area contributed by atoms with Crippen molar-refractivity contribution >= 4 is 22.5 Å². The van der Waals surface area contributed by atoms with Gasteiger partial charge in [-0.2, -0.15) is 0 Å². The van der Waals surface area contributed by atoms with Crippen LogP contribution < -0.4 is 0 Å². The van der Waals surface area contributed by atoms with Gasteiger partial charge in [-0.3, -0.25) is 0 Å². The van der Waals surface area contributed by atoms with Gasteiger partial charge in [-0.15, -0.1) is 0 Å². The average Bonchev–Trinajstić information content (AvgIpc) is 2.92. The molecule has 0 aliphatic rings. The van der Waals surface area contributed by atoms with Crippen LogP contribution in [0.3, 0.4) is 0 Å². The second kappa shape index (κ2) is 9.36. The molecular formula is C20H26ClNO. The van der Waals surface area contributed by atoms with Crippen molar-refractivity contribution < 1.29 is 4.52 Å². The molecule has 0 unspecified atom stereocenters. The summed E-state index contributed by atoms with van der Waals surface area (Å²) in [4.78, 5) is 0. The van der Waals surface area contributed by atoms with Crippen LogP contribution in [0.2, 0.25) is 5.02 Å². The first-order chi connectivity index (χ1) is 11.0. The second-order valence-electron chi connectivity index (χ2n) is 5.77. The number of benzene rings is 2. The Bertz CT molecular complexity index is 711. The topological polar surface area (TPSA) is 26.0 Å². The zero-order valence-corrected chi connectivity index (χ0v) is 15.6. The van der Waals surface area contributed by atoms with Gasteiger partial charge in [-0.1, -0.05) is 63.0 Å². The van der Waals surface area contributed by atoms with E-state index in [1.807, 2.05) is 50.2 Å². The summed E-state index contributed by atoms with van der Waals surface area (Å²) in [6.07, 6.45) is 0. The molecule has 1 aromatic heterocycles. The van der Waals surface area contributed by atoms with Crippen LogP contribution in [0.1, 0.15) is 40.2 Å². The molecule has 2 aromatic carbocycles. The van der Waals surface area contributed by atoms with Crippen LogP contribution >= 0.6 is 11.6 Å². The standard InChI is InChI=1S/C14H10ClNO.C4H10.C2H6/c1-9-2-7-13-12(8-9)14(17-16-13)10-3-5-11(15)6-4-10;1-4(2)3;1-2/h2-8H,1H3;4H,1-3H3;1-2H3. The quantitative estimate of drug-likeness (QED) is 0.473. The number of hydrogen-bond acceptors (Lipinski definition) is 2. The number of halogens is 1. The summed E-state index contributed by atoms with van der Waals surface area (Å²) in [5, 5.41) is 5.80. The first kappa shape index (κ1) is 19.2. The second-order valence-corrected chi connectivity index (χ2v) is 6.21. The highest BCUT2D eigenvalue weighted by Gasteiger charge is 2.10. The van der Waals surface area contributed by atoms with Gasteiger partial charge >= 0.3 is 0 Å². The van der Waals surface area contributed by atoms with Crippen LogP contribution in [-0.4, -0.2) is 5.16 Å². The Labute approximate surface area is 144 Å². The normalized spacial score (nSPS) is 9.91. The molecule has 0 saturated carbocycles. The summed E-state index contributed by atoms with van der Waals surface area (Å²) in [5.41, 5.74) is 3.05. The Hall–Kier alpha value is -1.80. The van der Waals surface area contributed by atoms with Crippen LogP contribution in [0, 0.1) is 12.8 Å². The molecule has 1 heterocycles. The lowest BCUT2D eigenvalue weighted by Crippen LogP contribution is -1.76. The smallest absolute Gasteiger partial charge is 0.174 e. The molecule has 0 fully saturated rings. The van der Waals surface area contributed by atoms with Crippen LogP contribution in [0.25, 0.3) is 22.2 Å². The molecule has 0 aliphatic carbocycles. The molecule has 3 aromatic rings. The van der Waals surface area contributed by atoms with E-state index in [0.717, 1.165) is 28.1 Å². The Morgan fingerprint density at radius 2 is 1.52 bits per heavy atom. The first-order valence-electron chi connectivity index (χ1n) is 8.09. The van der Waals surface area contributed by atoms with Crippen molar-refractivity contribution in [2.24, 2.45) is 5.92 Å². The van der Waals surface area contributed by atoms with E-state index in [-0.39, 0.29) is 0 Å². The summed E-state index contributed by atoms with van der Waals surface area (Å²) in [7, 11) is 0. The van der Waals surface area contributed by atoms with Crippen LogP contribution in [-0.2, 0) is 0 Å². The van der Waals surface area contributed by atoms with E-state index in [1.165, 1.54) is 5.56 Å². The lowest BCUT2D eigenvalue weighted by atomic mass is 10.1. The maximum Gasteiger partial charge on any atom is 0.174 e. The maximum atomic E-state index is 5.87. The molecule has 0 amide bonds. The molecule has 0 spiro atoms. The van der Waals surface area contributed by atoms with E-state index in [1.54, 1.807) is 0 Å². The molecule has 0 aliphatic heterocycles. The fourth-order valence-corrected chi connectivity index (χ4v) is 1.99. The van der Waals surface area contributed by atoms with Crippen molar-refractivity contribution in [2.75, 3.05) is 0 Å². The monoisotopic (exact) mass is 331 g/mol. The fraction of sp³-hybridized carbons (Fsp3) is 0.350. The minimum absolute atomic E-state index is 0.716. The summed E-state index contributed by atoms with van der Waals surface area (Å²) in [5.74, 6) is 1.63. The number of nitrogens with zero attached hydrogens (tertiary/aromatic N) is 1. The van der Waals surface area contributed by atoms with Gasteiger partial charge in [0.1, 0.15) is 5.52 Å². The Morgan fingerprint density at radius 3 is 2.09 bits per heavy atom. The van der Waals surface area contributed by atoms with E-state index >= 15 is 0 Å². The molecule has 0 N–H and O–H groups in total. The van der Waals surface area contributed by atoms with Gasteiger partial charge < -0.3 is 4.52 Å². The zero-order chi connectivity index (χ0) is 17.4. The highest BCUT2D eigenvalue weighted by Crippen LogP contribution is 2.29. The van der Waals surface area contributed by atoms with Crippen molar-refractivity contribution in [1.29, 1.82) is 0 Å². The molecule has 124 valence electrons. The van der Waals surface area contributed by atoms with Crippen LogP contribution in [0.4, 0.5) is 0 Å². The van der Waals surface area contributed by atoms with Crippen molar-refractivity contribution in [2.45, 2.75) is 41.5 Å². The molecule has 0 atom stereocenters. The minimum atomic E-state index is 0.716. The number of aryl methyl sites for hydroxylation is 1. The molecule has 2 nitrogen and oxygen atoms in total. The van der Waals surface area contributed by atoms with Gasteiger partial charge in [0.15, 0.2) is 5.76 Å². The highest BCUT2D eigenvalue weighted by atomic mass is 35.5. The third-order valence-electron chi connectivity index (χ3n) is 2.74. The van der Waals surface area contributed by atoms with E-state index in [0.29, 0.717) is 5.02 Å². The van der Waals surface area contributed by atoms with Gasteiger partial charge in [0, 0.05) is 16.0 Å². The zero-order valence-electron chi connectivity index (χ0n) is 14.9. The summed E-state index contributed by atoms with van der Waals surface area (Å²) in [6.45, 7) is 12.6. The predicted octanol–water partition coefficient (Wildman–Crippen LogP) is 7.15. The lowest BCUT2D eigenvalue weighted by molar-refractivity contribution is 0.441. The van der Waals surface area contributed by atoms with Gasteiger partial charge in [-0.05, 0) is 49.2 Å². The maximum absolute atomic E-state index is 5.87. The van der Waals surface area contributed by atoms with Crippen molar-refractivity contribution in [1.82, 2.24) is 5.16 Å². The number of aromatic nitrogens is 1. The third-order valence-corrected chi connectivity index (χ3v) is 2.99. The minimum Gasteiger partial charge on any atom is -0.355 e. The molecule has 3 heteroatoms. The van der Waals surface area contributed by atoms with E-state index < -0.39 is 0 Å². The SMILES string of the molecule is CC.CC(C)C.Cc1ccc2noc(-c3ccc(Cl)cc3)c2c1. The largest absolute Gasteiger partial charge is 0.355 e. The summed E-state index contributed by atoms with van der Waals surface area (Å²) < 4.78 is 5.40. The Morgan fingerprint density at radius 1 is 0.957 bits per heavy atom. The van der Waals surface area contributed by atoms with E-state index in [2.05, 4.69) is 38.9 Å². The summed E-state index contributed by atoms with van der Waals surface area (Å²) in [6, 6.07) is 13.6. The van der Waals surface area contributed by atoms with E-state index in [4.69, 9.17) is 16.1 Å². The van der Waals surface area contributed by atoms with Crippen molar-refractivity contribution in [3.8, 4) is 11.3 Å². The van der Waals surface area contributed by atoms with Crippen molar-refractivity contribution in [3.63, 3.8) is 0 Å². The lowest BCUT2D eigenvalue weighted by Gasteiger charge is -1.97. The van der Waals surface area contributed by atoms with Crippen molar-refractivity contribution in [3.05, 3.63) is 53.1 Å². The molecular weight excluding hydrogens is 306 g/mol. The van der Waals surface area contributed by atoms with Gasteiger partial charge in [0.25, 0.3) is 0 Å². The molecule has 0 radical (unpaired) electrons. The van der Waals surface area contributed by atoms with Crippen LogP contribution in [0.5, 0.6) is 0 Å². The van der Waals surface area contributed by atoms with Gasteiger partial charge in [0.2, 0.25) is 0 Å². The van der Waals surface area contributed by atoms with Gasteiger partial charge in [0.05, 0.1) is 0 Å². The number of fused-ring (bicyclic) bond motifs is 1. The average molecular weight is 332 g/mol.